The van der Waals surface area contributed by atoms with Gasteiger partial charge in [0.2, 0.25) is 0 Å². The van der Waals surface area contributed by atoms with E-state index in [9.17, 15) is 4.79 Å². The molecule has 4 nitrogen and oxygen atoms in total. The quantitative estimate of drug-likeness (QED) is 0.529. The molecule has 1 aliphatic rings. The minimum absolute atomic E-state index is 0.0512. The van der Waals surface area contributed by atoms with E-state index in [1.807, 2.05) is 55.5 Å². The monoisotopic (exact) mass is 363 g/mol. The summed E-state index contributed by atoms with van der Waals surface area (Å²) in [6.45, 7) is 6.20. The molecule has 4 rings (SSSR count). The molecule has 1 aromatic heterocycles. The Labute approximate surface area is 157 Å². The number of para-hydroxylation sites is 2. The summed E-state index contributed by atoms with van der Waals surface area (Å²) >= 11 is 6.53. The van der Waals surface area contributed by atoms with Gasteiger partial charge in [0.05, 0.1) is 11.1 Å². The maximum atomic E-state index is 13.0. The second-order valence-electron chi connectivity index (χ2n) is 6.35. The number of halogens is 1. The Morgan fingerprint density at radius 2 is 2.08 bits per heavy atom. The summed E-state index contributed by atoms with van der Waals surface area (Å²) in [5.41, 5.74) is 4.15. The van der Waals surface area contributed by atoms with Gasteiger partial charge in [-0.2, -0.15) is 0 Å². The molecule has 0 spiro atoms. The molecule has 130 valence electrons. The number of aromatic nitrogens is 1. The third-order valence-corrected chi connectivity index (χ3v) is 4.97. The van der Waals surface area contributed by atoms with Gasteiger partial charge >= 0.3 is 0 Å². The van der Waals surface area contributed by atoms with E-state index in [-0.39, 0.29) is 5.91 Å². The van der Waals surface area contributed by atoms with Gasteiger partial charge in [0, 0.05) is 23.2 Å². The first-order valence-electron chi connectivity index (χ1n) is 8.43. The molecule has 0 fully saturated rings. The molecule has 5 heteroatoms. The number of benzene rings is 2. The van der Waals surface area contributed by atoms with Crippen LogP contribution in [0.2, 0.25) is 5.15 Å². The van der Waals surface area contributed by atoms with Crippen LogP contribution < -0.4 is 5.32 Å². The van der Waals surface area contributed by atoms with Crippen molar-refractivity contribution in [3.63, 3.8) is 0 Å². The number of carbonyl (C=O) groups excluding carboxylic acids is 1. The second kappa shape index (κ2) is 6.46. The Balaban J connectivity index is 1.88. The van der Waals surface area contributed by atoms with Crippen LogP contribution in [0.25, 0.3) is 10.9 Å². The maximum Gasteiger partial charge on any atom is 0.258 e. The van der Waals surface area contributed by atoms with Gasteiger partial charge in [0.25, 0.3) is 5.91 Å². The van der Waals surface area contributed by atoms with Crippen molar-refractivity contribution in [1.82, 2.24) is 9.88 Å². The predicted octanol–water partition coefficient (Wildman–Crippen LogP) is 4.95. The van der Waals surface area contributed by atoms with E-state index in [2.05, 4.69) is 16.9 Å². The highest BCUT2D eigenvalue weighted by molar-refractivity contribution is 6.30. The molecule has 2 heterocycles. The minimum atomic E-state index is -0.402. The number of pyridine rings is 1. The molecule has 1 N–H and O–H groups in total. The molecule has 0 saturated carbocycles. The van der Waals surface area contributed by atoms with Gasteiger partial charge in [-0.05, 0) is 30.7 Å². The third kappa shape index (κ3) is 2.63. The number of fused-ring (bicyclic) bond motifs is 2. The Bertz CT molecular complexity index is 1030. The molecule has 2 aromatic carbocycles. The van der Waals surface area contributed by atoms with Crippen molar-refractivity contribution < 1.29 is 4.79 Å². The molecule has 0 radical (unpaired) electrons. The summed E-state index contributed by atoms with van der Waals surface area (Å²) in [6.07, 6.45) is 1.31. The van der Waals surface area contributed by atoms with E-state index < -0.39 is 6.17 Å². The smallest absolute Gasteiger partial charge is 0.258 e. The van der Waals surface area contributed by atoms with Crippen molar-refractivity contribution in [1.29, 1.82) is 0 Å². The Morgan fingerprint density at radius 1 is 1.27 bits per heavy atom. The summed E-state index contributed by atoms with van der Waals surface area (Å²) in [7, 11) is 0. The molecule has 26 heavy (non-hydrogen) atoms. The lowest BCUT2D eigenvalue weighted by Crippen LogP contribution is -2.43. The fraction of sp³-hybridized carbons (Fsp3) is 0.143. The molecule has 1 atom stereocenters. The van der Waals surface area contributed by atoms with E-state index in [0.29, 0.717) is 17.3 Å². The average molecular weight is 364 g/mol. The number of hydrogen-bond donors (Lipinski definition) is 1. The van der Waals surface area contributed by atoms with Gasteiger partial charge in [-0.1, -0.05) is 48.0 Å². The van der Waals surface area contributed by atoms with Crippen LogP contribution in [-0.2, 0) is 0 Å². The van der Waals surface area contributed by atoms with Crippen molar-refractivity contribution in [3.05, 3.63) is 83.0 Å². The fourth-order valence-electron chi connectivity index (χ4n) is 3.40. The highest BCUT2D eigenvalue weighted by Gasteiger charge is 2.33. The van der Waals surface area contributed by atoms with Crippen LogP contribution in [0.5, 0.6) is 0 Å². The van der Waals surface area contributed by atoms with Gasteiger partial charge in [-0.3, -0.25) is 4.79 Å². The molecular weight excluding hydrogens is 346 g/mol. The highest BCUT2D eigenvalue weighted by Crippen LogP contribution is 2.36. The number of amides is 1. The maximum absolute atomic E-state index is 13.0. The van der Waals surface area contributed by atoms with Crippen LogP contribution in [0.3, 0.4) is 0 Å². The Hall–Kier alpha value is -2.85. The second-order valence-corrected chi connectivity index (χ2v) is 6.71. The first kappa shape index (κ1) is 16.6. The van der Waals surface area contributed by atoms with Crippen molar-refractivity contribution in [2.75, 3.05) is 11.9 Å². The summed E-state index contributed by atoms with van der Waals surface area (Å²) in [5.74, 6) is -0.0512. The zero-order valence-corrected chi connectivity index (χ0v) is 15.1. The SMILES string of the molecule is C=CCN1C(=O)c2ccccc2NC1c1cc2cccc(C)c2nc1Cl. The number of rotatable bonds is 3. The van der Waals surface area contributed by atoms with Crippen LogP contribution >= 0.6 is 11.6 Å². The van der Waals surface area contributed by atoms with Gasteiger partial charge in [0.1, 0.15) is 11.3 Å². The van der Waals surface area contributed by atoms with Crippen molar-refractivity contribution in [2.45, 2.75) is 13.1 Å². The molecule has 1 aliphatic heterocycles. The number of carbonyl (C=O) groups is 1. The minimum Gasteiger partial charge on any atom is -0.361 e. The zero-order valence-electron chi connectivity index (χ0n) is 14.4. The van der Waals surface area contributed by atoms with Gasteiger partial charge in [-0.25, -0.2) is 4.98 Å². The first-order valence-corrected chi connectivity index (χ1v) is 8.81. The average Bonchev–Trinajstić information content (AvgIpc) is 2.64. The van der Waals surface area contributed by atoms with Crippen LogP contribution in [-0.4, -0.2) is 22.3 Å². The number of nitrogens with zero attached hydrogens (tertiary/aromatic N) is 2. The van der Waals surface area contributed by atoms with E-state index in [1.165, 1.54) is 0 Å². The van der Waals surface area contributed by atoms with Crippen molar-refractivity contribution >= 4 is 34.1 Å². The normalized spacial score (nSPS) is 16.3. The van der Waals surface area contributed by atoms with E-state index in [1.54, 1.807) is 11.0 Å². The van der Waals surface area contributed by atoms with E-state index in [0.717, 1.165) is 27.7 Å². The number of nitrogens with one attached hydrogen (secondary N) is 1. The van der Waals surface area contributed by atoms with E-state index in [4.69, 9.17) is 11.6 Å². The zero-order chi connectivity index (χ0) is 18.3. The van der Waals surface area contributed by atoms with Crippen LogP contribution in [0, 0.1) is 6.92 Å². The van der Waals surface area contributed by atoms with Crippen molar-refractivity contribution in [2.24, 2.45) is 0 Å². The summed E-state index contributed by atoms with van der Waals surface area (Å²) in [5, 5.41) is 4.82. The lowest BCUT2D eigenvalue weighted by atomic mass is 10.0. The topological polar surface area (TPSA) is 45.2 Å². The van der Waals surface area contributed by atoms with Gasteiger partial charge in [-0.15, -0.1) is 6.58 Å². The fourth-order valence-corrected chi connectivity index (χ4v) is 3.64. The molecule has 1 amide bonds. The van der Waals surface area contributed by atoms with Crippen LogP contribution in [0.15, 0.2) is 61.2 Å². The Kier molecular flexibility index (Phi) is 4.13. The Morgan fingerprint density at radius 3 is 2.88 bits per heavy atom. The molecule has 1 unspecified atom stereocenters. The number of aryl methyl sites for hydroxylation is 1. The highest BCUT2D eigenvalue weighted by atomic mass is 35.5. The van der Waals surface area contributed by atoms with Crippen LogP contribution in [0.4, 0.5) is 5.69 Å². The predicted molar refractivity (Wildman–Crippen MR) is 106 cm³/mol. The molecule has 0 saturated heterocycles. The third-order valence-electron chi connectivity index (χ3n) is 4.67. The van der Waals surface area contributed by atoms with Gasteiger partial charge in [0.15, 0.2) is 0 Å². The largest absolute Gasteiger partial charge is 0.361 e. The molecule has 3 aromatic rings. The standard InChI is InChI=1S/C21H18ClN3O/c1-3-11-25-20(23-17-10-5-4-9-15(17)21(25)26)16-12-14-8-6-7-13(2)18(14)24-19(16)22/h3-10,12,20,23H,1,11H2,2H3. The summed E-state index contributed by atoms with van der Waals surface area (Å²) in [6, 6.07) is 15.5. The van der Waals surface area contributed by atoms with Gasteiger partial charge < -0.3 is 10.2 Å². The van der Waals surface area contributed by atoms with Crippen molar-refractivity contribution in [3.8, 4) is 0 Å². The molecular formula is C21H18ClN3O. The summed E-state index contributed by atoms with van der Waals surface area (Å²) in [4.78, 5) is 19.3. The number of anilines is 1. The summed E-state index contributed by atoms with van der Waals surface area (Å²) < 4.78 is 0. The first-order chi connectivity index (χ1) is 12.6. The van der Waals surface area contributed by atoms with E-state index >= 15 is 0 Å². The van der Waals surface area contributed by atoms with Crippen LogP contribution in [0.1, 0.15) is 27.7 Å². The lowest BCUT2D eigenvalue weighted by Gasteiger charge is -2.37. The number of hydrogen-bond acceptors (Lipinski definition) is 3. The lowest BCUT2D eigenvalue weighted by molar-refractivity contribution is 0.0707. The molecule has 0 bridgehead atoms. The molecule has 0 aliphatic carbocycles.